The fourth-order valence-corrected chi connectivity index (χ4v) is 3.83. The van der Waals surface area contributed by atoms with E-state index in [1.807, 2.05) is 37.3 Å². The second kappa shape index (κ2) is 9.53. The third-order valence-corrected chi connectivity index (χ3v) is 5.42. The van der Waals surface area contributed by atoms with Gasteiger partial charge in [-0.25, -0.2) is 0 Å². The van der Waals surface area contributed by atoms with Crippen molar-refractivity contribution < 1.29 is 8.42 Å². The monoisotopic (exact) mass is 372 g/mol. The predicted molar refractivity (Wildman–Crippen MR) is 108 cm³/mol. The predicted octanol–water partition coefficient (Wildman–Crippen LogP) is 4.45. The molecule has 0 saturated heterocycles. The Morgan fingerprint density at radius 2 is 1.50 bits per heavy atom. The Bertz CT molecular complexity index is 807. The third kappa shape index (κ3) is 5.70. The highest BCUT2D eigenvalue weighted by atomic mass is 32.2. The van der Waals surface area contributed by atoms with Crippen molar-refractivity contribution in [3.8, 4) is 0 Å². The molecule has 4 nitrogen and oxygen atoms in total. The summed E-state index contributed by atoms with van der Waals surface area (Å²) in [5.41, 5.74) is 2.08. The van der Waals surface area contributed by atoms with Crippen LogP contribution >= 0.6 is 0 Å². The van der Waals surface area contributed by atoms with Crippen LogP contribution in [0.3, 0.4) is 0 Å². The van der Waals surface area contributed by atoms with E-state index in [-0.39, 0.29) is 4.90 Å². The molecule has 0 aliphatic carbocycles. The molecule has 0 aliphatic rings. The molecular weight excluding hydrogens is 344 g/mol. The van der Waals surface area contributed by atoms with Gasteiger partial charge >= 0.3 is 0 Å². The number of rotatable bonds is 8. The molecule has 0 fully saturated rings. The molecule has 2 aromatic carbocycles. The minimum Gasteiger partial charge on any atom is -0.359 e. The van der Waals surface area contributed by atoms with Crippen molar-refractivity contribution in [2.45, 2.75) is 44.9 Å². The number of aryl methyl sites for hydroxylation is 1. The van der Waals surface area contributed by atoms with E-state index in [1.54, 1.807) is 24.3 Å². The number of hydrogen-bond acceptors (Lipinski definition) is 2. The van der Waals surface area contributed by atoms with Crippen LogP contribution in [0.15, 0.2) is 63.9 Å². The summed E-state index contributed by atoms with van der Waals surface area (Å²) in [6, 6.07) is 16.7. The summed E-state index contributed by atoms with van der Waals surface area (Å²) in [5.74, 6) is 0.612. The van der Waals surface area contributed by atoms with Gasteiger partial charge in [-0.05, 0) is 37.5 Å². The van der Waals surface area contributed by atoms with Gasteiger partial charge in [-0.3, -0.25) is 0 Å². The molecular formula is C21H28N2O2S. The molecule has 2 aromatic rings. The van der Waals surface area contributed by atoms with Gasteiger partial charge in [0.1, 0.15) is 5.84 Å². The molecule has 0 radical (unpaired) electrons. The van der Waals surface area contributed by atoms with Crippen LogP contribution in [-0.4, -0.2) is 32.2 Å². The number of sulfonamides is 1. The Kier molecular flexibility index (Phi) is 7.39. The SMILES string of the molecule is CCCN(CCC)/C(Cc1ccccc1)=N\S(=O)(=O)c1ccc(C)cc1. The van der Waals surface area contributed by atoms with Gasteiger partial charge in [-0.15, -0.1) is 4.40 Å². The zero-order chi connectivity index (χ0) is 19.0. The van der Waals surface area contributed by atoms with E-state index in [1.165, 1.54) is 0 Å². The average molecular weight is 373 g/mol. The molecule has 5 heteroatoms. The van der Waals surface area contributed by atoms with Crippen molar-refractivity contribution in [2.75, 3.05) is 13.1 Å². The number of benzene rings is 2. The maximum absolute atomic E-state index is 12.8. The summed E-state index contributed by atoms with van der Waals surface area (Å²) in [5, 5.41) is 0. The summed E-state index contributed by atoms with van der Waals surface area (Å²) < 4.78 is 29.9. The molecule has 2 rings (SSSR count). The van der Waals surface area contributed by atoms with E-state index < -0.39 is 10.0 Å². The summed E-state index contributed by atoms with van der Waals surface area (Å²) >= 11 is 0. The zero-order valence-electron chi connectivity index (χ0n) is 15.9. The number of hydrogen-bond donors (Lipinski definition) is 0. The Morgan fingerprint density at radius 1 is 0.923 bits per heavy atom. The Hall–Kier alpha value is -2.14. The van der Waals surface area contributed by atoms with Crippen LogP contribution in [0, 0.1) is 6.92 Å². The highest BCUT2D eigenvalue weighted by Crippen LogP contribution is 2.16. The molecule has 140 valence electrons. The lowest BCUT2D eigenvalue weighted by molar-refractivity contribution is 0.411. The minimum atomic E-state index is -3.73. The van der Waals surface area contributed by atoms with Gasteiger partial charge in [0.2, 0.25) is 0 Å². The lowest BCUT2D eigenvalue weighted by Crippen LogP contribution is -2.34. The first-order valence-electron chi connectivity index (χ1n) is 9.15. The van der Waals surface area contributed by atoms with Gasteiger partial charge in [-0.1, -0.05) is 61.9 Å². The number of amidine groups is 1. The Balaban J connectivity index is 2.43. The number of nitrogens with zero attached hydrogens (tertiary/aromatic N) is 2. The van der Waals surface area contributed by atoms with Gasteiger partial charge in [0.25, 0.3) is 10.0 Å². The topological polar surface area (TPSA) is 49.7 Å². The molecule has 0 heterocycles. The van der Waals surface area contributed by atoms with Crippen LogP contribution in [-0.2, 0) is 16.4 Å². The van der Waals surface area contributed by atoms with E-state index in [0.29, 0.717) is 12.3 Å². The molecule has 0 aliphatic heterocycles. The highest BCUT2D eigenvalue weighted by Gasteiger charge is 2.18. The van der Waals surface area contributed by atoms with Crippen molar-refractivity contribution in [3.05, 3.63) is 65.7 Å². The third-order valence-electron chi connectivity index (χ3n) is 4.10. The fraction of sp³-hybridized carbons (Fsp3) is 0.381. The lowest BCUT2D eigenvalue weighted by Gasteiger charge is -2.25. The first kappa shape index (κ1) is 20.2. The smallest absolute Gasteiger partial charge is 0.283 e. The van der Waals surface area contributed by atoms with Crippen molar-refractivity contribution in [3.63, 3.8) is 0 Å². The maximum Gasteiger partial charge on any atom is 0.283 e. The molecule has 0 saturated carbocycles. The van der Waals surface area contributed by atoms with E-state index in [4.69, 9.17) is 0 Å². The van der Waals surface area contributed by atoms with E-state index in [0.717, 1.165) is 37.1 Å². The fourth-order valence-electron chi connectivity index (χ4n) is 2.79. The maximum atomic E-state index is 12.8. The van der Waals surface area contributed by atoms with Crippen molar-refractivity contribution in [1.82, 2.24) is 4.90 Å². The zero-order valence-corrected chi connectivity index (χ0v) is 16.7. The van der Waals surface area contributed by atoms with Crippen molar-refractivity contribution in [1.29, 1.82) is 0 Å². The van der Waals surface area contributed by atoms with E-state index in [2.05, 4.69) is 23.1 Å². The molecule has 0 aromatic heterocycles. The van der Waals surface area contributed by atoms with Crippen LogP contribution < -0.4 is 0 Å². The first-order chi connectivity index (χ1) is 12.5. The van der Waals surface area contributed by atoms with Gasteiger partial charge in [0.15, 0.2) is 0 Å². The quantitative estimate of drug-likeness (QED) is 0.508. The Labute approximate surface area is 157 Å². The Morgan fingerprint density at radius 3 is 2.04 bits per heavy atom. The van der Waals surface area contributed by atoms with Crippen LogP contribution in [0.25, 0.3) is 0 Å². The summed E-state index contributed by atoms with van der Waals surface area (Å²) in [7, 11) is -3.73. The molecule has 0 spiro atoms. The van der Waals surface area contributed by atoms with E-state index >= 15 is 0 Å². The standard InChI is InChI=1S/C21H28N2O2S/c1-4-15-23(16-5-2)21(17-19-9-7-6-8-10-19)22-26(24,25)20-13-11-18(3)12-14-20/h6-14H,4-5,15-17H2,1-3H3/b22-21-. The lowest BCUT2D eigenvalue weighted by atomic mass is 10.1. The van der Waals surface area contributed by atoms with Gasteiger partial charge in [0.05, 0.1) is 4.90 Å². The summed E-state index contributed by atoms with van der Waals surface area (Å²) in [6.07, 6.45) is 2.39. The highest BCUT2D eigenvalue weighted by molar-refractivity contribution is 7.90. The summed E-state index contributed by atoms with van der Waals surface area (Å²) in [4.78, 5) is 2.33. The van der Waals surface area contributed by atoms with Gasteiger partial charge < -0.3 is 4.90 Å². The minimum absolute atomic E-state index is 0.238. The second-order valence-corrected chi connectivity index (χ2v) is 8.05. The van der Waals surface area contributed by atoms with Crippen LogP contribution in [0.5, 0.6) is 0 Å². The largest absolute Gasteiger partial charge is 0.359 e. The molecule has 26 heavy (non-hydrogen) atoms. The van der Waals surface area contributed by atoms with Crippen LogP contribution in [0.1, 0.15) is 37.8 Å². The molecule has 0 N–H and O–H groups in total. The van der Waals surface area contributed by atoms with Gasteiger partial charge in [0, 0.05) is 19.5 Å². The molecule has 0 unspecified atom stereocenters. The van der Waals surface area contributed by atoms with E-state index in [9.17, 15) is 8.42 Å². The van der Waals surface area contributed by atoms with Crippen LogP contribution in [0.2, 0.25) is 0 Å². The summed E-state index contributed by atoms with van der Waals surface area (Å²) in [6.45, 7) is 7.71. The second-order valence-electron chi connectivity index (χ2n) is 6.45. The average Bonchev–Trinajstić information content (AvgIpc) is 2.62. The van der Waals surface area contributed by atoms with Crippen molar-refractivity contribution >= 4 is 15.9 Å². The first-order valence-corrected chi connectivity index (χ1v) is 10.6. The molecule has 0 atom stereocenters. The van der Waals surface area contributed by atoms with Crippen LogP contribution in [0.4, 0.5) is 0 Å². The van der Waals surface area contributed by atoms with Gasteiger partial charge in [-0.2, -0.15) is 8.42 Å². The molecule has 0 bridgehead atoms. The van der Waals surface area contributed by atoms with Crippen molar-refractivity contribution in [2.24, 2.45) is 4.40 Å². The normalized spacial score (nSPS) is 12.2. The molecule has 0 amide bonds.